The minimum absolute atomic E-state index is 0.0348. The molecule has 3 aromatic rings. The molecule has 0 fully saturated rings. The Balaban J connectivity index is 1.73. The minimum atomic E-state index is -0.729. The molecule has 7 heteroatoms. The van der Waals surface area contributed by atoms with Crippen molar-refractivity contribution in [2.24, 2.45) is 0 Å². The Morgan fingerprint density at radius 2 is 1.73 bits per heavy atom. The largest absolute Gasteiger partial charge is 0.451 e. The summed E-state index contributed by atoms with van der Waals surface area (Å²) in [5, 5.41) is 5.01. The molecular formula is C23H25N3O4. The molecule has 1 aromatic heterocycles. The van der Waals surface area contributed by atoms with Crippen molar-refractivity contribution in [2.45, 2.75) is 33.4 Å². The lowest BCUT2D eigenvalue weighted by Gasteiger charge is -2.17. The maximum Gasteiger partial charge on any atom is 0.359 e. The fourth-order valence-electron chi connectivity index (χ4n) is 3.11. The number of fused-ring (bicyclic) bond motifs is 1. The predicted molar refractivity (Wildman–Crippen MR) is 114 cm³/mol. The number of benzene rings is 2. The molecule has 2 aromatic carbocycles. The summed E-state index contributed by atoms with van der Waals surface area (Å²) in [6, 6.07) is 14.6. The topological polar surface area (TPSA) is 81.5 Å². The molecule has 0 aliphatic heterocycles. The number of aryl methyl sites for hydroxylation is 2. The number of likely N-dealkylation sites (N-methyl/N-ethyl adjacent to an activating group) is 1. The number of carbonyl (C=O) groups is 2. The summed E-state index contributed by atoms with van der Waals surface area (Å²) in [6.07, 6.45) is 0.696. The standard InChI is InChI=1S/C23H25N3O4/c1-4-13-26-22(28)19-8-6-5-7-18(19)21(24-26)23(29)30-15-20(27)25(3)14-17-11-9-16(2)10-12-17/h5-12H,4,13-15H2,1-3H3. The van der Waals surface area contributed by atoms with Gasteiger partial charge in [0.2, 0.25) is 0 Å². The zero-order chi connectivity index (χ0) is 21.7. The maximum atomic E-state index is 12.7. The van der Waals surface area contributed by atoms with Gasteiger partial charge in [-0.1, -0.05) is 55.0 Å². The zero-order valence-electron chi connectivity index (χ0n) is 17.4. The lowest BCUT2D eigenvalue weighted by Crippen LogP contribution is -2.31. The van der Waals surface area contributed by atoms with Crippen LogP contribution in [0.15, 0.2) is 53.3 Å². The van der Waals surface area contributed by atoms with Crippen molar-refractivity contribution in [1.29, 1.82) is 0 Å². The lowest BCUT2D eigenvalue weighted by molar-refractivity contribution is -0.133. The van der Waals surface area contributed by atoms with Crippen molar-refractivity contribution in [1.82, 2.24) is 14.7 Å². The van der Waals surface area contributed by atoms with E-state index in [1.165, 1.54) is 9.58 Å². The molecule has 0 saturated heterocycles. The van der Waals surface area contributed by atoms with Crippen LogP contribution in [-0.2, 0) is 22.6 Å². The van der Waals surface area contributed by atoms with Crippen LogP contribution >= 0.6 is 0 Å². The van der Waals surface area contributed by atoms with E-state index in [1.54, 1.807) is 31.3 Å². The Morgan fingerprint density at radius 3 is 2.40 bits per heavy atom. The number of hydrogen-bond donors (Lipinski definition) is 0. The highest BCUT2D eigenvalue weighted by Crippen LogP contribution is 2.14. The fraction of sp³-hybridized carbons (Fsp3) is 0.304. The molecule has 3 rings (SSSR count). The van der Waals surface area contributed by atoms with E-state index < -0.39 is 12.6 Å². The first-order chi connectivity index (χ1) is 14.4. The molecule has 0 N–H and O–H groups in total. The van der Waals surface area contributed by atoms with Crippen LogP contribution in [0.3, 0.4) is 0 Å². The van der Waals surface area contributed by atoms with Crippen LogP contribution < -0.4 is 5.56 Å². The van der Waals surface area contributed by atoms with Gasteiger partial charge >= 0.3 is 5.97 Å². The van der Waals surface area contributed by atoms with Crippen LogP contribution in [-0.4, -0.2) is 40.2 Å². The van der Waals surface area contributed by atoms with Crippen LogP contribution in [0.5, 0.6) is 0 Å². The van der Waals surface area contributed by atoms with E-state index in [2.05, 4.69) is 5.10 Å². The molecule has 1 amide bonds. The Hall–Kier alpha value is -3.48. The van der Waals surface area contributed by atoms with Crippen molar-refractivity contribution >= 4 is 22.6 Å². The van der Waals surface area contributed by atoms with Crippen molar-refractivity contribution < 1.29 is 14.3 Å². The van der Waals surface area contributed by atoms with Gasteiger partial charge in [0.1, 0.15) is 0 Å². The van der Waals surface area contributed by atoms with E-state index in [0.29, 0.717) is 30.3 Å². The summed E-state index contributed by atoms with van der Waals surface area (Å²) >= 11 is 0. The van der Waals surface area contributed by atoms with Gasteiger partial charge in [0, 0.05) is 25.5 Å². The zero-order valence-corrected chi connectivity index (χ0v) is 17.4. The van der Waals surface area contributed by atoms with Crippen molar-refractivity contribution in [3.63, 3.8) is 0 Å². The third-order valence-electron chi connectivity index (χ3n) is 4.79. The maximum absolute atomic E-state index is 12.7. The number of rotatable bonds is 7. The van der Waals surface area contributed by atoms with Crippen LogP contribution in [0.4, 0.5) is 0 Å². The second-order valence-corrected chi connectivity index (χ2v) is 7.23. The van der Waals surface area contributed by atoms with Crippen LogP contribution in [0, 0.1) is 6.92 Å². The smallest absolute Gasteiger partial charge is 0.359 e. The second-order valence-electron chi connectivity index (χ2n) is 7.23. The monoisotopic (exact) mass is 407 g/mol. The summed E-state index contributed by atoms with van der Waals surface area (Å²) < 4.78 is 6.51. The molecule has 0 spiro atoms. The first-order valence-corrected chi connectivity index (χ1v) is 9.87. The van der Waals surface area contributed by atoms with Gasteiger partial charge in [-0.25, -0.2) is 9.48 Å². The van der Waals surface area contributed by atoms with Gasteiger partial charge in [-0.3, -0.25) is 9.59 Å². The van der Waals surface area contributed by atoms with Gasteiger partial charge in [0.05, 0.1) is 5.39 Å². The third kappa shape index (κ3) is 4.74. The highest BCUT2D eigenvalue weighted by atomic mass is 16.5. The van der Waals surface area contributed by atoms with Gasteiger partial charge in [-0.2, -0.15) is 5.10 Å². The first-order valence-electron chi connectivity index (χ1n) is 9.87. The Bertz CT molecular complexity index is 1120. The van der Waals surface area contributed by atoms with E-state index in [4.69, 9.17) is 4.74 Å². The number of esters is 1. The van der Waals surface area contributed by atoms with Crippen LogP contribution in [0.25, 0.3) is 10.8 Å². The molecule has 7 nitrogen and oxygen atoms in total. The van der Waals surface area contributed by atoms with E-state index in [0.717, 1.165) is 11.1 Å². The lowest BCUT2D eigenvalue weighted by atomic mass is 10.1. The van der Waals surface area contributed by atoms with Gasteiger partial charge in [0.15, 0.2) is 12.3 Å². The fourth-order valence-corrected chi connectivity index (χ4v) is 3.11. The molecule has 30 heavy (non-hydrogen) atoms. The highest BCUT2D eigenvalue weighted by Gasteiger charge is 2.20. The van der Waals surface area contributed by atoms with E-state index in [9.17, 15) is 14.4 Å². The van der Waals surface area contributed by atoms with E-state index in [-0.39, 0.29) is 17.2 Å². The number of aromatic nitrogens is 2. The first kappa shape index (κ1) is 21.2. The molecule has 156 valence electrons. The van der Waals surface area contributed by atoms with Crippen molar-refractivity contribution in [3.8, 4) is 0 Å². The molecule has 0 atom stereocenters. The van der Waals surface area contributed by atoms with E-state index >= 15 is 0 Å². The SMILES string of the molecule is CCCn1nc(C(=O)OCC(=O)N(C)Cc2ccc(C)cc2)c2ccccc2c1=O. The number of hydrogen-bond acceptors (Lipinski definition) is 5. The van der Waals surface area contributed by atoms with Gasteiger partial charge in [0.25, 0.3) is 11.5 Å². The molecule has 1 heterocycles. The summed E-state index contributed by atoms with van der Waals surface area (Å²) in [7, 11) is 1.66. The molecule has 0 saturated carbocycles. The molecule has 0 radical (unpaired) electrons. The Kier molecular flexibility index (Phi) is 6.61. The van der Waals surface area contributed by atoms with Gasteiger partial charge in [-0.05, 0) is 25.0 Å². The number of amides is 1. The average Bonchev–Trinajstić information content (AvgIpc) is 2.75. The minimum Gasteiger partial charge on any atom is -0.451 e. The quantitative estimate of drug-likeness (QED) is 0.563. The summed E-state index contributed by atoms with van der Waals surface area (Å²) in [6.45, 7) is 4.33. The highest BCUT2D eigenvalue weighted by molar-refractivity contribution is 6.02. The second kappa shape index (κ2) is 9.35. The molecule has 0 aliphatic carbocycles. The normalized spacial score (nSPS) is 10.8. The van der Waals surface area contributed by atoms with E-state index in [1.807, 2.05) is 38.1 Å². The number of carbonyl (C=O) groups excluding carboxylic acids is 2. The predicted octanol–water partition coefficient (Wildman–Crippen LogP) is 2.93. The number of ether oxygens (including phenoxy) is 1. The van der Waals surface area contributed by atoms with Crippen LogP contribution in [0.2, 0.25) is 0 Å². The summed E-state index contributed by atoms with van der Waals surface area (Å²) in [5.41, 5.74) is 1.92. The average molecular weight is 407 g/mol. The number of nitrogens with zero attached hydrogens (tertiary/aromatic N) is 3. The van der Waals surface area contributed by atoms with Crippen molar-refractivity contribution in [2.75, 3.05) is 13.7 Å². The van der Waals surface area contributed by atoms with Crippen molar-refractivity contribution in [3.05, 3.63) is 75.7 Å². The van der Waals surface area contributed by atoms with Crippen LogP contribution in [0.1, 0.15) is 35.0 Å². The Labute approximate surface area is 174 Å². The molecular weight excluding hydrogens is 382 g/mol. The Morgan fingerprint density at radius 1 is 1.07 bits per heavy atom. The van der Waals surface area contributed by atoms with Gasteiger partial charge < -0.3 is 9.64 Å². The molecule has 0 aliphatic rings. The third-order valence-corrected chi connectivity index (χ3v) is 4.79. The van der Waals surface area contributed by atoms with Gasteiger partial charge in [-0.15, -0.1) is 0 Å². The molecule has 0 unspecified atom stereocenters. The summed E-state index contributed by atoms with van der Waals surface area (Å²) in [4.78, 5) is 39.1. The molecule has 0 bridgehead atoms. The summed E-state index contributed by atoms with van der Waals surface area (Å²) in [5.74, 6) is -1.05.